The number of benzene rings is 2. The topological polar surface area (TPSA) is 72.2 Å². The molecular formula is C15H14N2O3S. The zero-order valence-electron chi connectivity index (χ0n) is 11.4. The Kier molecular flexibility index (Phi) is 4.94. The number of carbonyl (C=O) groups is 1. The number of non-ortho nitro benzene ring substituents is 1. The maximum absolute atomic E-state index is 11.2. The lowest BCUT2D eigenvalue weighted by atomic mass is 10.2. The number of amides is 1. The maximum Gasteiger partial charge on any atom is 0.269 e. The Bertz CT molecular complexity index is 673. The fourth-order valence-electron chi connectivity index (χ4n) is 1.81. The highest BCUT2D eigenvalue weighted by molar-refractivity contribution is 7.98. The van der Waals surface area contributed by atoms with Crippen molar-refractivity contribution in [2.45, 2.75) is 17.6 Å². The van der Waals surface area contributed by atoms with Gasteiger partial charge in [-0.3, -0.25) is 14.9 Å². The van der Waals surface area contributed by atoms with Crippen molar-refractivity contribution >= 4 is 29.0 Å². The van der Waals surface area contributed by atoms with Crippen LogP contribution in [0.3, 0.4) is 0 Å². The van der Waals surface area contributed by atoms with Gasteiger partial charge in [0.1, 0.15) is 0 Å². The quantitative estimate of drug-likeness (QED) is 0.517. The van der Waals surface area contributed by atoms with Gasteiger partial charge in [-0.1, -0.05) is 24.3 Å². The van der Waals surface area contributed by atoms with Crippen LogP contribution < -0.4 is 5.32 Å². The molecule has 0 aliphatic rings. The minimum atomic E-state index is -0.403. The molecule has 1 amide bonds. The molecule has 0 saturated heterocycles. The molecule has 0 spiro atoms. The number of anilines is 1. The molecule has 6 heteroatoms. The third kappa shape index (κ3) is 4.32. The Morgan fingerprint density at radius 2 is 2.00 bits per heavy atom. The van der Waals surface area contributed by atoms with Gasteiger partial charge in [0.05, 0.1) is 10.6 Å². The van der Waals surface area contributed by atoms with Crippen LogP contribution in [0.15, 0.2) is 53.4 Å². The van der Waals surface area contributed by atoms with Crippen molar-refractivity contribution in [2.75, 3.05) is 5.32 Å². The zero-order valence-corrected chi connectivity index (χ0v) is 12.2. The average molecular weight is 302 g/mol. The van der Waals surface area contributed by atoms with E-state index in [0.29, 0.717) is 5.75 Å². The van der Waals surface area contributed by atoms with Crippen LogP contribution in [-0.4, -0.2) is 10.8 Å². The lowest BCUT2D eigenvalue weighted by Gasteiger charge is -2.09. The summed E-state index contributed by atoms with van der Waals surface area (Å²) in [4.78, 5) is 22.4. The summed E-state index contributed by atoms with van der Waals surface area (Å²) in [5, 5.41) is 13.5. The molecule has 2 aromatic rings. The van der Waals surface area contributed by atoms with E-state index in [9.17, 15) is 14.9 Å². The van der Waals surface area contributed by atoms with E-state index in [-0.39, 0.29) is 11.6 Å². The number of nitrogens with one attached hydrogen (secondary N) is 1. The second-order valence-electron chi connectivity index (χ2n) is 4.39. The first kappa shape index (κ1) is 15.1. The van der Waals surface area contributed by atoms with E-state index in [4.69, 9.17) is 0 Å². The number of thioether (sulfide) groups is 1. The molecule has 0 aromatic heterocycles. The largest absolute Gasteiger partial charge is 0.325 e. The average Bonchev–Trinajstić information content (AvgIpc) is 2.46. The Morgan fingerprint density at radius 1 is 1.24 bits per heavy atom. The summed E-state index contributed by atoms with van der Waals surface area (Å²) in [6.07, 6.45) is 0. The predicted molar refractivity (Wildman–Crippen MR) is 83.4 cm³/mol. The highest BCUT2D eigenvalue weighted by Gasteiger charge is 2.08. The molecule has 108 valence electrons. The fraction of sp³-hybridized carbons (Fsp3) is 0.133. The standard InChI is InChI=1S/C15H14N2O3S/c1-11(18)16-14-7-2-3-8-15(14)21-10-12-5-4-6-13(9-12)17(19)20/h2-9H,10H2,1H3,(H,16,18). The fourth-order valence-corrected chi connectivity index (χ4v) is 2.76. The number of carbonyl (C=O) groups excluding carboxylic acids is 1. The molecule has 0 radical (unpaired) electrons. The summed E-state index contributed by atoms with van der Waals surface area (Å²) >= 11 is 1.53. The van der Waals surface area contributed by atoms with Crippen molar-refractivity contribution in [2.24, 2.45) is 0 Å². The molecule has 0 bridgehead atoms. The van der Waals surface area contributed by atoms with Gasteiger partial charge in [0.25, 0.3) is 5.69 Å². The van der Waals surface area contributed by atoms with E-state index < -0.39 is 4.92 Å². The van der Waals surface area contributed by atoms with Crippen LogP contribution in [-0.2, 0) is 10.5 Å². The molecule has 21 heavy (non-hydrogen) atoms. The molecule has 0 heterocycles. The van der Waals surface area contributed by atoms with Crippen molar-refractivity contribution in [3.8, 4) is 0 Å². The Hall–Kier alpha value is -2.34. The molecule has 5 nitrogen and oxygen atoms in total. The summed E-state index contributed by atoms with van der Waals surface area (Å²) in [5.41, 5.74) is 1.70. The van der Waals surface area contributed by atoms with Gasteiger partial charge in [-0.2, -0.15) is 0 Å². The third-order valence-electron chi connectivity index (χ3n) is 2.71. The number of hydrogen-bond acceptors (Lipinski definition) is 4. The first-order valence-corrected chi connectivity index (χ1v) is 7.27. The van der Waals surface area contributed by atoms with E-state index in [0.717, 1.165) is 16.1 Å². The number of hydrogen-bond donors (Lipinski definition) is 1. The van der Waals surface area contributed by atoms with Gasteiger partial charge in [-0.05, 0) is 17.7 Å². The van der Waals surface area contributed by atoms with Crippen molar-refractivity contribution < 1.29 is 9.72 Å². The highest BCUT2D eigenvalue weighted by atomic mass is 32.2. The van der Waals surface area contributed by atoms with Crippen molar-refractivity contribution in [1.82, 2.24) is 0 Å². The van der Waals surface area contributed by atoms with E-state index in [1.165, 1.54) is 24.8 Å². The van der Waals surface area contributed by atoms with Crippen molar-refractivity contribution in [1.29, 1.82) is 0 Å². The summed E-state index contributed by atoms with van der Waals surface area (Å²) in [7, 11) is 0. The Balaban J connectivity index is 2.11. The Labute approximate surface area is 126 Å². The van der Waals surface area contributed by atoms with Crippen LogP contribution in [0.5, 0.6) is 0 Å². The van der Waals surface area contributed by atoms with Gasteiger partial charge in [-0.25, -0.2) is 0 Å². The van der Waals surface area contributed by atoms with Gasteiger partial charge >= 0.3 is 0 Å². The second kappa shape index (κ2) is 6.90. The summed E-state index contributed by atoms with van der Waals surface area (Å²) in [6.45, 7) is 1.46. The van der Waals surface area contributed by atoms with Gasteiger partial charge in [0, 0.05) is 29.7 Å². The molecule has 2 rings (SSSR count). The van der Waals surface area contributed by atoms with Crippen LogP contribution in [0.1, 0.15) is 12.5 Å². The van der Waals surface area contributed by atoms with Crippen LogP contribution in [0.25, 0.3) is 0 Å². The first-order valence-electron chi connectivity index (χ1n) is 6.29. The van der Waals surface area contributed by atoms with E-state index in [2.05, 4.69) is 5.32 Å². The number of nitrogens with zero attached hydrogens (tertiary/aromatic N) is 1. The van der Waals surface area contributed by atoms with Gasteiger partial charge < -0.3 is 5.32 Å². The normalized spacial score (nSPS) is 10.1. The molecule has 0 fully saturated rings. The molecule has 0 atom stereocenters. The zero-order chi connectivity index (χ0) is 15.2. The van der Waals surface area contributed by atoms with E-state index >= 15 is 0 Å². The third-order valence-corrected chi connectivity index (χ3v) is 3.86. The molecule has 0 saturated carbocycles. The summed E-state index contributed by atoms with van der Waals surface area (Å²) in [6, 6.07) is 14.0. The van der Waals surface area contributed by atoms with Crippen LogP contribution >= 0.6 is 11.8 Å². The number of nitro benzene ring substituents is 1. The minimum Gasteiger partial charge on any atom is -0.325 e. The van der Waals surface area contributed by atoms with Gasteiger partial charge in [-0.15, -0.1) is 11.8 Å². The SMILES string of the molecule is CC(=O)Nc1ccccc1SCc1cccc([N+](=O)[O-])c1. The smallest absolute Gasteiger partial charge is 0.269 e. The predicted octanol–water partition coefficient (Wildman–Crippen LogP) is 3.85. The Morgan fingerprint density at radius 3 is 2.71 bits per heavy atom. The van der Waals surface area contributed by atoms with Gasteiger partial charge in [0.2, 0.25) is 5.91 Å². The van der Waals surface area contributed by atoms with Crippen molar-refractivity contribution in [3.63, 3.8) is 0 Å². The summed E-state index contributed by atoms with van der Waals surface area (Å²) in [5.74, 6) is 0.469. The highest BCUT2D eigenvalue weighted by Crippen LogP contribution is 2.30. The molecule has 1 N–H and O–H groups in total. The monoisotopic (exact) mass is 302 g/mol. The number of rotatable bonds is 5. The minimum absolute atomic E-state index is 0.0863. The van der Waals surface area contributed by atoms with Crippen molar-refractivity contribution in [3.05, 3.63) is 64.2 Å². The van der Waals surface area contributed by atoms with Crippen LogP contribution in [0.2, 0.25) is 0 Å². The molecule has 0 aliphatic carbocycles. The van der Waals surface area contributed by atoms with Crippen LogP contribution in [0.4, 0.5) is 11.4 Å². The molecule has 0 aliphatic heterocycles. The molecule has 0 unspecified atom stereocenters. The maximum atomic E-state index is 11.2. The molecular weight excluding hydrogens is 288 g/mol. The first-order chi connectivity index (χ1) is 10.1. The summed E-state index contributed by atoms with van der Waals surface area (Å²) < 4.78 is 0. The molecule has 2 aromatic carbocycles. The lowest BCUT2D eigenvalue weighted by Crippen LogP contribution is -2.06. The van der Waals surface area contributed by atoms with Crippen LogP contribution in [0, 0.1) is 10.1 Å². The lowest BCUT2D eigenvalue weighted by molar-refractivity contribution is -0.384. The second-order valence-corrected chi connectivity index (χ2v) is 5.41. The van der Waals surface area contributed by atoms with Gasteiger partial charge in [0.15, 0.2) is 0 Å². The number of nitro groups is 1. The van der Waals surface area contributed by atoms with E-state index in [1.807, 2.05) is 30.3 Å². The van der Waals surface area contributed by atoms with E-state index in [1.54, 1.807) is 12.1 Å². The number of para-hydroxylation sites is 1.